The molecule has 23 heavy (non-hydrogen) atoms. The molecule has 1 fully saturated rings. The fraction of sp³-hybridized carbons (Fsp3) is 0.600. The third-order valence-corrected chi connectivity index (χ3v) is 6.86. The predicted molar refractivity (Wildman–Crippen MR) is 90.1 cm³/mol. The smallest absolute Gasteiger partial charge is 0.224 e. The van der Waals surface area contributed by atoms with Crippen LogP contribution in [0.25, 0.3) is 0 Å². The molecule has 1 aromatic carbocycles. The van der Waals surface area contributed by atoms with Crippen LogP contribution >= 0.6 is 0 Å². The minimum Gasteiger partial charge on any atom is -0.224 e. The first-order valence-electron chi connectivity index (χ1n) is 7.77. The molecule has 1 N–H and O–H groups in total. The van der Waals surface area contributed by atoms with Crippen molar-refractivity contribution < 1.29 is 16.8 Å². The number of rotatable bonds is 5. The Hall–Kier alpha value is -0.960. The SMILES string of the molecule is CC(NS(=O)(=O)N1CCCCCC1)c1ccc(S(C)(=O)=O)cc1. The quantitative estimate of drug-likeness (QED) is 0.869. The normalized spacial score (nSPS) is 19.2. The first-order valence-corrected chi connectivity index (χ1v) is 11.1. The average molecular weight is 361 g/mol. The zero-order chi connectivity index (χ0) is 17.1. The Labute approximate surface area is 139 Å². The van der Waals surface area contributed by atoms with E-state index in [9.17, 15) is 16.8 Å². The maximum atomic E-state index is 12.5. The van der Waals surface area contributed by atoms with Gasteiger partial charge in [-0.2, -0.15) is 17.4 Å². The number of nitrogens with one attached hydrogen (secondary N) is 1. The number of hydrogen-bond donors (Lipinski definition) is 1. The van der Waals surface area contributed by atoms with E-state index in [0.717, 1.165) is 37.5 Å². The van der Waals surface area contributed by atoms with Gasteiger partial charge in [0.2, 0.25) is 0 Å². The Morgan fingerprint density at radius 3 is 1.96 bits per heavy atom. The van der Waals surface area contributed by atoms with Crippen LogP contribution in [0.4, 0.5) is 0 Å². The zero-order valence-electron chi connectivity index (χ0n) is 13.5. The van der Waals surface area contributed by atoms with E-state index >= 15 is 0 Å². The summed E-state index contributed by atoms with van der Waals surface area (Å²) in [5.41, 5.74) is 0.732. The van der Waals surface area contributed by atoms with E-state index < -0.39 is 26.1 Å². The lowest BCUT2D eigenvalue weighted by Gasteiger charge is -2.23. The molecule has 0 saturated carbocycles. The van der Waals surface area contributed by atoms with E-state index in [1.165, 1.54) is 16.4 Å². The molecule has 0 amide bonds. The molecule has 0 aliphatic carbocycles. The highest BCUT2D eigenvalue weighted by Gasteiger charge is 2.25. The second kappa shape index (κ2) is 7.29. The Morgan fingerprint density at radius 2 is 1.48 bits per heavy atom. The molecule has 1 aromatic rings. The lowest BCUT2D eigenvalue weighted by atomic mass is 10.1. The summed E-state index contributed by atoms with van der Waals surface area (Å²) in [5.74, 6) is 0. The summed E-state index contributed by atoms with van der Waals surface area (Å²) in [5, 5.41) is 0. The van der Waals surface area contributed by atoms with E-state index in [4.69, 9.17) is 0 Å². The Kier molecular flexibility index (Phi) is 5.83. The van der Waals surface area contributed by atoms with E-state index in [1.54, 1.807) is 19.1 Å². The highest BCUT2D eigenvalue weighted by atomic mass is 32.2. The molecular formula is C15H24N2O4S2. The van der Waals surface area contributed by atoms with E-state index in [1.807, 2.05) is 0 Å². The van der Waals surface area contributed by atoms with Crippen molar-refractivity contribution in [3.8, 4) is 0 Å². The van der Waals surface area contributed by atoms with Gasteiger partial charge in [0.05, 0.1) is 4.90 Å². The minimum absolute atomic E-state index is 0.226. The van der Waals surface area contributed by atoms with Crippen LogP contribution in [0.3, 0.4) is 0 Å². The zero-order valence-corrected chi connectivity index (χ0v) is 15.2. The van der Waals surface area contributed by atoms with E-state index in [2.05, 4.69) is 4.72 Å². The summed E-state index contributed by atoms with van der Waals surface area (Å²) in [6, 6.07) is 5.87. The van der Waals surface area contributed by atoms with Crippen LogP contribution in [0.2, 0.25) is 0 Å². The van der Waals surface area contributed by atoms with Gasteiger partial charge >= 0.3 is 0 Å². The van der Waals surface area contributed by atoms with Crippen molar-refractivity contribution in [2.75, 3.05) is 19.3 Å². The first-order chi connectivity index (χ1) is 10.7. The fourth-order valence-corrected chi connectivity index (χ4v) is 4.75. The minimum atomic E-state index is -3.53. The largest absolute Gasteiger partial charge is 0.279 e. The third-order valence-electron chi connectivity index (χ3n) is 4.04. The molecule has 0 radical (unpaired) electrons. The van der Waals surface area contributed by atoms with Crippen molar-refractivity contribution in [3.05, 3.63) is 29.8 Å². The standard InChI is InChI=1S/C15H24N2O4S2/c1-13(14-7-9-15(10-8-14)22(2,18)19)16-23(20,21)17-11-5-3-4-6-12-17/h7-10,13,16H,3-6,11-12H2,1-2H3. The summed E-state index contributed by atoms with van der Waals surface area (Å²) < 4.78 is 52.0. The van der Waals surface area contributed by atoms with Crippen LogP contribution in [-0.2, 0) is 20.0 Å². The Morgan fingerprint density at radius 1 is 0.957 bits per heavy atom. The number of sulfone groups is 1. The fourth-order valence-electron chi connectivity index (χ4n) is 2.65. The highest BCUT2D eigenvalue weighted by molar-refractivity contribution is 7.90. The van der Waals surface area contributed by atoms with Crippen molar-refractivity contribution in [1.82, 2.24) is 9.03 Å². The Balaban J connectivity index is 2.09. The topological polar surface area (TPSA) is 83.6 Å². The van der Waals surface area contributed by atoms with Crippen molar-refractivity contribution >= 4 is 20.0 Å². The molecule has 2 rings (SSSR count). The predicted octanol–water partition coefficient (Wildman–Crippen LogP) is 1.86. The summed E-state index contributed by atoms with van der Waals surface area (Å²) >= 11 is 0. The molecule has 8 heteroatoms. The summed E-state index contributed by atoms with van der Waals surface area (Å²) in [6.07, 6.45) is 5.05. The van der Waals surface area contributed by atoms with Gasteiger partial charge < -0.3 is 0 Å². The molecule has 130 valence electrons. The number of nitrogens with zero attached hydrogens (tertiary/aromatic N) is 1. The number of benzene rings is 1. The van der Waals surface area contributed by atoms with Gasteiger partial charge in [0.15, 0.2) is 9.84 Å². The highest BCUT2D eigenvalue weighted by Crippen LogP contribution is 2.19. The molecule has 1 saturated heterocycles. The van der Waals surface area contributed by atoms with E-state index in [-0.39, 0.29) is 4.90 Å². The van der Waals surface area contributed by atoms with Crippen LogP contribution in [0, 0.1) is 0 Å². The molecule has 1 heterocycles. The maximum Gasteiger partial charge on any atom is 0.279 e. The second-order valence-electron chi connectivity index (χ2n) is 6.00. The van der Waals surface area contributed by atoms with Crippen molar-refractivity contribution in [3.63, 3.8) is 0 Å². The van der Waals surface area contributed by atoms with Crippen molar-refractivity contribution in [1.29, 1.82) is 0 Å². The molecule has 0 bridgehead atoms. The van der Waals surface area contributed by atoms with E-state index in [0.29, 0.717) is 13.1 Å². The van der Waals surface area contributed by atoms with Gasteiger partial charge in [0, 0.05) is 25.4 Å². The molecule has 1 aliphatic heterocycles. The monoisotopic (exact) mass is 360 g/mol. The molecule has 1 atom stereocenters. The van der Waals surface area contributed by atoms with Crippen LogP contribution in [0.5, 0.6) is 0 Å². The van der Waals surface area contributed by atoms with Gasteiger partial charge in [-0.25, -0.2) is 8.42 Å². The van der Waals surface area contributed by atoms with Crippen LogP contribution in [0.1, 0.15) is 44.2 Å². The second-order valence-corrected chi connectivity index (χ2v) is 9.72. The molecular weight excluding hydrogens is 336 g/mol. The molecule has 0 spiro atoms. The summed E-state index contributed by atoms with van der Waals surface area (Å²) in [7, 11) is -6.78. The van der Waals surface area contributed by atoms with Gasteiger partial charge in [0.1, 0.15) is 0 Å². The summed E-state index contributed by atoms with van der Waals surface area (Å²) in [6.45, 7) is 2.86. The van der Waals surface area contributed by atoms with Crippen molar-refractivity contribution in [2.45, 2.75) is 43.5 Å². The maximum absolute atomic E-state index is 12.5. The average Bonchev–Trinajstić information content (AvgIpc) is 2.75. The number of hydrogen-bond acceptors (Lipinski definition) is 4. The first kappa shape index (κ1) is 18.4. The van der Waals surface area contributed by atoms with Crippen LogP contribution in [-0.4, -0.2) is 40.5 Å². The molecule has 1 aliphatic rings. The van der Waals surface area contributed by atoms with Crippen molar-refractivity contribution in [2.24, 2.45) is 0 Å². The van der Waals surface area contributed by atoms with Gasteiger partial charge in [-0.15, -0.1) is 0 Å². The van der Waals surface area contributed by atoms with Gasteiger partial charge in [0.25, 0.3) is 10.2 Å². The lowest BCUT2D eigenvalue weighted by molar-refractivity contribution is 0.410. The van der Waals surface area contributed by atoms with Crippen LogP contribution < -0.4 is 4.72 Å². The Bertz CT molecular complexity index is 719. The van der Waals surface area contributed by atoms with Gasteiger partial charge in [-0.3, -0.25) is 0 Å². The van der Waals surface area contributed by atoms with Gasteiger partial charge in [-0.05, 0) is 37.5 Å². The summed E-state index contributed by atoms with van der Waals surface area (Å²) in [4.78, 5) is 0.226. The molecule has 0 aromatic heterocycles. The lowest BCUT2D eigenvalue weighted by Crippen LogP contribution is -2.42. The van der Waals surface area contributed by atoms with Gasteiger partial charge in [-0.1, -0.05) is 25.0 Å². The molecule has 1 unspecified atom stereocenters. The van der Waals surface area contributed by atoms with Crippen LogP contribution in [0.15, 0.2) is 29.2 Å². The third kappa shape index (κ3) is 5.00. The molecule has 6 nitrogen and oxygen atoms in total.